The molecule has 1 N–H and O–H groups in total. The zero-order chi connectivity index (χ0) is 10.7. The van der Waals surface area contributed by atoms with Crippen molar-refractivity contribution in [2.24, 2.45) is 0 Å². The van der Waals surface area contributed by atoms with Crippen LogP contribution in [0.2, 0.25) is 0 Å². The maximum absolute atomic E-state index is 11.4. The first kappa shape index (κ1) is 11.0. The van der Waals surface area contributed by atoms with E-state index in [9.17, 15) is 4.79 Å². The van der Waals surface area contributed by atoms with Gasteiger partial charge >= 0.3 is 0 Å². The lowest BCUT2D eigenvalue weighted by Gasteiger charge is -2.15. The van der Waals surface area contributed by atoms with Gasteiger partial charge in [0.25, 0.3) is 0 Å². The second-order valence-corrected chi connectivity index (χ2v) is 5.57. The fourth-order valence-corrected chi connectivity index (χ4v) is 3.00. The maximum Gasteiger partial charge on any atom is 0.221 e. The third-order valence-corrected chi connectivity index (χ3v) is 3.90. The quantitative estimate of drug-likeness (QED) is 0.860. The first-order valence-electron chi connectivity index (χ1n) is 4.88. The summed E-state index contributed by atoms with van der Waals surface area (Å²) in [5.41, 5.74) is 1.17. The van der Waals surface area contributed by atoms with Gasteiger partial charge in [0.2, 0.25) is 5.91 Å². The Morgan fingerprint density at radius 1 is 1.47 bits per heavy atom. The Morgan fingerprint density at radius 3 is 3.13 bits per heavy atom. The number of benzene rings is 1. The molecule has 1 atom stereocenters. The highest BCUT2D eigenvalue weighted by Gasteiger charge is 2.18. The van der Waals surface area contributed by atoms with E-state index < -0.39 is 0 Å². The summed E-state index contributed by atoms with van der Waals surface area (Å²) in [6.45, 7) is 0. The van der Waals surface area contributed by atoms with Crippen LogP contribution in [0.25, 0.3) is 0 Å². The Labute approximate surface area is 102 Å². The molecule has 0 spiro atoms. The summed E-state index contributed by atoms with van der Waals surface area (Å²) in [6, 6.07) is 8.27. The number of hydrogen-bond acceptors (Lipinski definition) is 2. The van der Waals surface area contributed by atoms with E-state index in [4.69, 9.17) is 0 Å². The van der Waals surface area contributed by atoms with Crippen LogP contribution in [0.5, 0.6) is 0 Å². The van der Waals surface area contributed by atoms with Crippen LogP contribution < -0.4 is 5.32 Å². The molecule has 1 amide bonds. The van der Waals surface area contributed by atoms with Crippen molar-refractivity contribution in [1.29, 1.82) is 0 Å². The number of amides is 1. The van der Waals surface area contributed by atoms with Crippen LogP contribution in [0.3, 0.4) is 0 Å². The highest BCUT2D eigenvalue weighted by Crippen LogP contribution is 2.24. The molecular formula is C11H12BrNOS. The summed E-state index contributed by atoms with van der Waals surface area (Å²) in [4.78, 5) is 11.4. The van der Waals surface area contributed by atoms with Gasteiger partial charge in [0.1, 0.15) is 0 Å². The number of nitrogens with one attached hydrogen (secondary N) is 1. The molecule has 0 bridgehead atoms. The van der Waals surface area contributed by atoms with Gasteiger partial charge in [-0.2, -0.15) is 11.8 Å². The van der Waals surface area contributed by atoms with Crippen LogP contribution in [0.4, 0.5) is 0 Å². The van der Waals surface area contributed by atoms with Crippen LogP contribution >= 0.6 is 27.7 Å². The summed E-state index contributed by atoms with van der Waals surface area (Å²) in [5.74, 6) is 2.04. The molecule has 0 radical (unpaired) electrons. The van der Waals surface area contributed by atoms with E-state index in [1.165, 1.54) is 5.56 Å². The summed E-state index contributed by atoms with van der Waals surface area (Å²) in [5, 5.41) is 3.04. The van der Waals surface area contributed by atoms with Gasteiger partial charge in [0, 0.05) is 22.4 Å². The average molecular weight is 286 g/mol. The van der Waals surface area contributed by atoms with Crippen molar-refractivity contribution >= 4 is 33.6 Å². The van der Waals surface area contributed by atoms with Gasteiger partial charge in [-0.15, -0.1) is 0 Å². The van der Waals surface area contributed by atoms with Gasteiger partial charge in [-0.05, 0) is 17.7 Å². The molecule has 4 heteroatoms. The molecule has 80 valence electrons. The fourth-order valence-electron chi connectivity index (χ4n) is 1.58. The number of carbonyl (C=O) groups excluding carboxylic acids is 1. The lowest BCUT2D eigenvalue weighted by atomic mass is 10.1. The summed E-state index contributed by atoms with van der Waals surface area (Å²) < 4.78 is 1.06. The van der Waals surface area contributed by atoms with Crippen molar-refractivity contribution in [1.82, 2.24) is 5.32 Å². The van der Waals surface area contributed by atoms with E-state index in [2.05, 4.69) is 33.4 Å². The van der Waals surface area contributed by atoms with Crippen molar-refractivity contribution in [2.75, 3.05) is 11.5 Å². The fraction of sp³-hybridized carbons (Fsp3) is 0.364. The van der Waals surface area contributed by atoms with Gasteiger partial charge in [0.05, 0.1) is 6.04 Å². The van der Waals surface area contributed by atoms with E-state index in [0.29, 0.717) is 6.42 Å². The molecule has 1 heterocycles. The molecule has 0 saturated carbocycles. The molecule has 0 aliphatic carbocycles. The van der Waals surface area contributed by atoms with Crippen LogP contribution in [0, 0.1) is 0 Å². The highest BCUT2D eigenvalue weighted by molar-refractivity contribution is 9.10. The first-order chi connectivity index (χ1) is 7.25. The molecule has 1 unspecified atom stereocenters. The molecule has 1 aliphatic rings. The van der Waals surface area contributed by atoms with E-state index in [0.717, 1.165) is 16.0 Å². The van der Waals surface area contributed by atoms with Crippen molar-refractivity contribution in [3.63, 3.8) is 0 Å². The summed E-state index contributed by atoms with van der Waals surface area (Å²) >= 11 is 5.27. The van der Waals surface area contributed by atoms with Crippen molar-refractivity contribution < 1.29 is 4.79 Å². The second-order valence-electron chi connectivity index (χ2n) is 3.50. The standard InChI is InChI=1S/C11H12BrNOS/c12-9-3-1-2-8(6-9)10-7-15-5-4-11(14)13-10/h1-3,6,10H,4-5,7H2,(H,13,14). The van der Waals surface area contributed by atoms with Gasteiger partial charge in [-0.3, -0.25) is 4.79 Å². The Balaban J connectivity index is 2.18. The molecular weight excluding hydrogens is 274 g/mol. The predicted molar refractivity (Wildman–Crippen MR) is 67.0 cm³/mol. The molecule has 2 rings (SSSR count). The Morgan fingerprint density at radius 2 is 2.33 bits per heavy atom. The largest absolute Gasteiger partial charge is 0.348 e. The SMILES string of the molecule is O=C1CCSCC(c2cccc(Br)c2)N1. The van der Waals surface area contributed by atoms with Crippen molar-refractivity contribution in [3.8, 4) is 0 Å². The molecule has 1 saturated heterocycles. The normalized spacial score (nSPS) is 21.9. The van der Waals surface area contributed by atoms with E-state index in [-0.39, 0.29) is 11.9 Å². The van der Waals surface area contributed by atoms with E-state index in [1.54, 1.807) is 0 Å². The third-order valence-electron chi connectivity index (χ3n) is 2.34. The molecule has 1 aromatic carbocycles. The van der Waals surface area contributed by atoms with Crippen LogP contribution in [-0.2, 0) is 4.79 Å². The lowest BCUT2D eigenvalue weighted by molar-refractivity contribution is -0.121. The Bertz CT molecular complexity index is 369. The topological polar surface area (TPSA) is 29.1 Å². The number of rotatable bonds is 1. The smallest absolute Gasteiger partial charge is 0.221 e. The number of hydrogen-bond donors (Lipinski definition) is 1. The Kier molecular flexibility index (Phi) is 3.70. The van der Waals surface area contributed by atoms with Gasteiger partial charge in [-0.1, -0.05) is 28.1 Å². The molecule has 2 nitrogen and oxygen atoms in total. The minimum absolute atomic E-state index is 0.155. The summed E-state index contributed by atoms with van der Waals surface area (Å²) in [7, 11) is 0. The van der Waals surface area contributed by atoms with Crippen LogP contribution in [0.1, 0.15) is 18.0 Å². The molecule has 1 aromatic rings. The summed E-state index contributed by atoms with van der Waals surface area (Å²) in [6.07, 6.45) is 0.634. The lowest BCUT2D eigenvalue weighted by Crippen LogP contribution is -2.27. The first-order valence-corrected chi connectivity index (χ1v) is 6.83. The Hall–Kier alpha value is -0.480. The second kappa shape index (κ2) is 5.03. The number of carbonyl (C=O) groups is 1. The third kappa shape index (κ3) is 2.98. The zero-order valence-electron chi connectivity index (χ0n) is 8.20. The van der Waals surface area contributed by atoms with Crippen LogP contribution in [0.15, 0.2) is 28.7 Å². The monoisotopic (exact) mass is 285 g/mol. The van der Waals surface area contributed by atoms with Gasteiger partial charge in [-0.25, -0.2) is 0 Å². The van der Waals surface area contributed by atoms with Crippen LogP contribution in [-0.4, -0.2) is 17.4 Å². The predicted octanol–water partition coefficient (Wildman–Crippen LogP) is 2.74. The molecule has 1 aliphatic heterocycles. The van der Waals surface area contributed by atoms with Gasteiger partial charge in [0.15, 0.2) is 0 Å². The highest BCUT2D eigenvalue weighted by atomic mass is 79.9. The van der Waals surface area contributed by atoms with Gasteiger partial charge < -0.3 is 5.32 Å². The minimum atomic E-state index is 0.155. The zero-order valence-corrected chi connectivity index (χ0v) is 10.6. The number of halogens is 1. The van der Waals surface area contributed by atoms with Crippen molar-refractivity contribution in [3.05, 3.63) is 34.3 Å². The van der Waals surface area contributed by atoms with E-state index in [1.807, 2.05) is 23.9 Å². The number of thioether (sulfide) groups is 1. The molecule has 15 heavy (non-hydrogen) atoms. The maximum atomic E-state index is 11.4. The molecule has 0 aromatic heterocycles. The minimum Gasteiger partial charge on any atom is -0.348 e. The van der Waals surface area contributed by atoms with Crippen molar-refractivity contribution in [2.45, 2.75) is 12.5 Å². The molecule has 1 fully saturated rings. The van der Waals surface area contributed by atoms with E-state index >= 15 is 0 Å². The average Bonchev–Trinajstić information content (AvgIpc) is 2.43.